The van der Waals surface area contributed by atoms with Crippen molar-refractivity contribution in [2.24, 2.45) is 5.92 Å². The molecule has 3 rings (SSSR count). The maximum Gasteiger partial charge on any atom is 0.225 e. The Bertz CT molecular complexity index is 586. The molecule has 0 saturated heterocycles. The lowest BCUT2D eigenvalue weighted by Crippen LogP contribution is -2.18. The van der Waals surface area contributed by atoms with Gasteiger partial charge in [0.2, 0.25) is 5.91 Å². The van der Waals surface area contributed by atoms with Gasteiger partial charge in [0.05, 0.1) is 12.2 Å². The van der Waals surface area contributed by atoms with E-state index in [1.54, 1.807) is 17.5 Å². The van der Waals surface area contributed by atoms with E-state index >= 15 is 0 Å². The zero-order valence-electron chi connectivity index (χ0n) is 12.3. The van der Waals surface area contributed by atoms with Crippen LogP contribution in [0.25, 0.3) is 0 Å². The summed E-state index contributed by atoms with van der Waals surface area (Å²) in [4.78, 5) is 13.4. The fraction of sp³-hybridized carbons (Fsp3) is 0.500. The van der Waals surface area contributed by atoms with E-state index in [9.17, 15) is 4.79 Å². The maximum atomic E-state index is 12.1. The Balaban J connectivity index is 1.49. The van der Waals surface area contributed by atoms with Crippen LogP contribution in [0.5, 0.6) is 0 Å². The average Bonchev–Trinajstić information content (AvgIpc) is 3.00. The summed E-state index contributed by atoms with van der Waals surface area (Å²) in [6, 6.07) is 6.43. The highest BCUT2D eigenvalue weighted by Crippen LogP contribution is 2.40. The highest BCUT2D eigenvalue weighted by Gasteiger charge is 2.30. The van der Waals surface area contributed by atoms with Crippen LogP contribution in [0, 0.1) is 5.92 Å². The number of nitrogens with one attached hydrogen (secondary N) is 1. The molecule has 1 aliphatic rings. The smallest absolute Gasteiger partial charge is 0.225 e. The van der Waals surface area contributed by atoms with Gasteiger partial charge in [0.25, 0.3) is 0 Å². The van der Waals surface area contributed by atoms with Crippen LogP contribution in [0.4, 0.5) is 5.82 Å². The normalized spacial score (nSPS) is 15.9. The minimum atomic E-state index is 0.0799. The van der Waals surface area contributed by atoms with Crippen molar-refractivity contribution in [3.05, 3.63) is 34.7 Å². The van der Waals surface area contributed by atoms with Crippen molar-refractivity contribution in [2.75, 3.05) is 5.32 Å². The zero-order chi connectivity index (χ0) is 14.7. The average molecular weight is 303 g/mol. The summed E-state index contributed by atoms with van der Waals surface area (Å²) in [7, 11) is 0. The zero-order valence-corrected chi connectivity index (χ0v) is 13.1. The molecule has 1 aliphatic carbocycles. The van der Waals surface area contributed by atoms with E-state index < -0.39 is 0 Å². The molecule has 0 aromatic carbocycles. The Morgan fingerprint density at radius 1 is 1.52 bits per heavy atom. The molecule has 1 unspecified atom stereocenters. The molecular weight excluding hydrogens is 282 g/mol. The van der Waals surface area contributed by atoms with Gasteiger partial charge in [-0.15, -0.1) is 11.3 Å². The van der Waals surface area contributed by atoms with E-state index in [4.69, 9.17) is 0 Å². The summed E-state index contributed by atoms with van der Waals surface area (Å²) in [5.74, 6) is 1.63. The maximum absolute atomic E-state index is 12.1. The Morgan fingerprint density at radius 2 is 2.38 bits per heavy atom. The molecule has 1 fully saturated rings. The summed E-state index contributed by atoms with van der Waals surface area (Å²) in [6.07, 6.45) is 6.73. The molecule has 2 heterocycles. The molecule has 1 saturated carbocycles. The van der Waals surface area contributed by atoms with Crippen LogP contribution < -0.4 is 5.32 Å². The second-order valence-corrected chi connectivity index (χ2v) is 6.75. The van der Waals surface area contributed by atoms with Crippen LogP contribution in [-0.4, -0.2) is 15.7 Å². The Hall–Kier alpha value is -1.62. The van der Waals surface area contributed by atoms with Gasteiger partial charge in [0, 0.05) is 17.4 Å². The van der Waals surface area contributed by atoms with E-state index in [2.05, 4.69) is 34.9 Å². The lowest BCUT2D eigenvalue weighted by Gasteiger charge is -2.15. The van der Waals surface area contributed by atoms with Gasteiger partial charge in [0.1, 0.15) is 5.82 Å². The Labute approximate surface area is 129 Å². The topological polar surface area (TPSA) is 46.9 Å². The summed E-state index contributed by atoms with van der Waals surface area (Å²) < 4.78 is 1.95. The molecule has 1 N–H and O–H groups in total. The number of nitrogens with zero attached hydrogens (tertiary/aromatic N) is 2. The van der Waals surface area contributed by atoms with Crippen LogP contribution in [-0.2, 0) is 11.2 Å². The number of rotatable bonds is 7. The van der Waals surface area contributed by atoms with Crippen molar-refractivity contribution in [3.63, 3.8) is 0 Å². The number of amides is 1. The van der Waals surface area contributed by atoms with Gasteiger partial charge >= 0.3 is 0 Å². The molecule has 0 bridgehead atoms. The third-order valence-electron chi connectivity index (χ3n) is 4.03. The molecule has 0 spiro atoms. The molecule has 21 heavy (non-hydrogen) atoms. The second kappa shape index (κ2) is 6.43. The van der Waals surface area contributed by atoms with Gasteiger partial charge in [0.15, 0.2) is 0 Å². The van der Waals surface area contributed by atoms with Gasteiger partial charge in [-0.2, -0.15) is 5.10 Å². The minimum absolute atomic E-state index is 0.0799. The summed E-state index contributed by atoms with van der Waals surface area (Å²) in [5, 5.41) is 9.43. The number of aryl methyl sites for hydroxylation is 1. The second-order valence-electron chi connectivity index (χ2n) is 5.72. The number of carbonyl (C=O) groups is 1. The summed E-state index contributed by atoms with van der Waals surface area (Å²) in [5.41, 5.74) is 0. The van der Waals surface area contributed by atoms with Crippen LogP contribution in [0.3, 0.4) is 0 Å². The van der Waals surface area contributed by atoms with E-state index in [1.807, 2.05) is 10.7 Å². The van der Waals surface area contributed by atoms with Crippen LogP contribution >= 0.6 is 11.3 Å². The number of carbonyl (C=O) groups excluding carboxylic acids is 1. The number of thiophene rings is 1. The van der Waals surface area contributed by atoms with E-state index in [1.165, 1.54) is 17.7 Å². The van der Waals surface area contributed by atoms with Crippen LogP contribution in [0.15, 0.2) is 29.8 Å². The van der Waals surface area contributed by atoms with Crippen molar-refractivity contribution in [1.29, 1.82) is 0 Å². The molecule has 1 amide bonds. The molecule has 0 radical (unpaired) electrons. The number of anilines is 1. The van der Waals surface area contributed by atoms with Crippen molar-refractivity contribution in [1.82, 2.24) is 9.78 Å². The Morgan fingerprint density at radius 3 is 3.10 bits per heavy atom. The first kappa shape index (κ1) is 14.3. The van der Waals surface area contributed by atoms with Crippen molar-refractivity contribution < 1.29 is 4.79 Å². The standard InChI is InChI=1S/C16H21N3OS/c1-12(13-7-8-13)19-15(9-10-17-19)18-16(20)6-2-4-14-5-3-11-21-14/h3,5,9-13H,2,4,6-8H2,1H3,(H,18,20). The first-order chi connectivity index (χ1) is 10.2. The molecule has 2 aromatic heterocycles. The van der Waals surface area contributed by atoms with Crippen molar-refractivity contribution in [3.8, 4) is 0 Å². The SMILES string of the molecule is CC(C1CC1)n1nccc1NC(=O)CCCc1cccs1. The van der Waals surface area contributed by atoms with E-state index in [-0.39, 0.29) is 5.91 Å². The molecule has 2 aromatic rings. The van der Waals surface area contributed by atoms with Crippen LogP contribution in [0.1, 0.15) is 43.5 Å². The number of hydrogen-bond donors (Lipinski definition) is 1. The highest BCUT2D eigenvalue weighted by molar-refractivity contribution is 7.09. The van der Waals surface area contributed by atoms with E-state index in [0.717, 1.165) is 24.6 Å². The minimum Gasteiger partial charge on any atom is -0.311 e. The third-order valence-corrected chi connectivity index (χ3v) is 4.97. The third kappa shape index (κ3) is 3.73. The largest absolute Gasteiger partial charge is 0.311 e. The molecule has 4 nitrogen and oxygen atoms in total. The van der Waals surface area contributed by atoms with Gasteiger partial charge in [-0.1, -0.05) is 6.07 Å². The van der Waals surface area contributed by atoms with E-state index in [0.29, 0.717) is 12.5 Å². The molecular formula is C16H21N3OS. The summed E-state index contributed by atoms with van der Waals surface area (Å²) in [6.45, 7) is 2.18. The van der Waals surface area contributed by atoms with Crippen LogP contribution in [0.2, 0.25) is 0 Å². The van der Waals surface area contributed by atoms with Crippen molar-refractivity contribution in [2.45, 2.75) is 45.1 Å². The monoisotopic (exact) mass is 303 g/mol. The fourth-order valence-corrected chi connectivity index (χ4v) is 3.35. The number of hydrogen-bond acceptors (Lipinski definition) is 3. The van der Waals surface area contributed by atoms with Gasteiger partial charge < -0.3 is 5.32 Å². The lowest BCUT2D eigenvalue weighted by atomic mass is 10.2. The molecule has 5 heteroatoms. The first-order valence-electron chi connectivity index (χ1n) is 7.60. The van der Waals surface area contributed by atoms with Crippen molar-refractivity contribution >= 4 is 23.1 Å². The van der Waals surface area contributed by atoms with Gasteiger partial charge in [-0.25, -0.2) is 4.68 Å². The highest BCUT2D eigenvalue weighted by atomic mass is 32.1. The predicted molar refractivity (Wildman–Crippen MR) is 85.5 cm³/mol. The Kier molecular flexibility index (Phi) is 4.39. The molecule has 1 atom stereocenters. The first-order valence-corrected chi connectivity index (χ1v) is 8.48. The predicted octanol–water partition coefficient (Wildman–Crippen LogP) is 3.88. The number of aromatic nitrogens is 2. The van der Waals surface area contributed by atoms with Gasteiger partial charge in [-0.3, -0.25) is 4.79 Å². The summed E-state index contributed by atoms with van der Waals surface area (Å²) >= 11 is 1.75. The molecule has 0 aliphatic heterocycles. The quantitative estimate of drug-likeness (QED) is 0.844. The fourth-order valence-electron chi connectivity index (χ4n) is 2.60. The van der Waals surface area contributed by atoms with Gasteiger partial charge in [-0.05, 0) is 50.0 Å². The lowest BCUT2D eigenvalue weighted by molar-refractivity contribution is -0.116. The molecule has 112 valence electrons.